The average molecular weight is 689 g/mol. The molecule has 5 atom stereocenters. The number of nitrogens with one attached hydrogen (secondary N) is 1. The number of nitrogen functional groups attached to an aromatic ring is 1. The molecule has 250 valence electrons. The van der Waals surface area contributed by atoms with E-state index in [0.29, 0.717) is 45.1 Å². The summed E-state index contributed by atoms with van der Waals surface area (Å²) in [5.74, 6) is -0.854. The Bertz CT molecular complexity index is 1810. The van der Waals surface area contributed by atoms with Crippen LogP contribution in [0.15, 0.2) is 17.0 Å². The minimum atomic E-state index is -1.94. The van der Waals surface area contributed by atoms with Crippen molar-refractivity contribution in [2.75, 3.05) is 63.2 Å². The number of nitrogens with two attached hydrogens (primary N) is 1. The van der Waals surface area contributed by atoms with Crippen LogP contribution in [-0.2, 0) is 15.7 Å². The van der Waals surface area contributed by atoms with Gasteiger partial charge in [-0.05, 0) is 44.4 Å². The smallest absolute Gasteiger partial charge is 0.319 e. The highest BCUT2D eigenvalue weighted by Crippen LogP contribution is 2.47. The number of fused-ring (bicyclic) bond motifs is 5. The zero-order valence-electron chi connectivity index (χ0n) is 25.6. The van der Waals surface area contributed by atoms with Crippen LogP contribution in [0.1, 0.15) is 43.4 Å². The summed E-state index contributed by atoms with van der Waals surface area (Å²) in [7, 11) is -1.94. The van der Waals surface area contributed by atoms with Gasteiger partial charge in [-0.3, -0.25) is 9.21 Å². The van der Waals surface area contributed by atoms with Crippen LogP contribution in [-0.4, -0.2) is 105 Å². The van der Waals surface area contributed by atoms with Crippen LogP contribution < -0.4 is 20.7 Å². The molecule has 16 heteroatoms. The van der Waals surface area contributed by atoms with Gasteiger partial charge in [-0.2, -0.15) is 9.97 Å². The van der Waals surface area contributed by atoms with Gasteiger partial charge in [0.25, 0.3) is 0 Å². The number of benzene rings is 1. The molecule has 11 nitrogen and oxygen atoms in total. The summed E-state index contributed by atoms with van der Waals surface area (Å²) in [6.07, 6.45) is 3.20. The fourth-order valence-electron chi connectivity index (χ4n) is 8.26. The molecule has 8 heterocycles. The molecular formula is C31H35F3N8O3S2. The summed E-state index contributed by atoms with van der Waals surface area (Å²) < 4.78 is 75.0. The van der Waals surface area contributed by atoms with Gasteiger partial charge in [-0.1, -0.05) is 11.3 Å². The minimum Gasteiger partial charge on any atom is -0.461 e. The Kier molecular flexibility index (Phi) is 7.19. The molecule has 0 amide bonds. The van der Waals surface area contributed by atoms with E-state index in [1.54, 1.807) is 0 Å². The maximum atomic E-state index is 17.3. The molecule has 2 aromatic heterocycles. The topological polar surface area (TPSA) is 122 Å². The SMILES string of the molecule is Nc1nc2c(C3=C(F)c4nc(OC[C@@]56CCCN5C[C@H](F)C6)nc(N5CC6CCC(C5)N6)c4S(=O)N3CC3COC3)ccc(F)c2s1. The zero-order valence-corrected chi connectivity index (χ0v) is 27.2. The van der Waals surface area contributed by atoms with Crippen LogP contribution in [0.4, 0.5) is 24.1 Å². The second kappa shape index (κ2) is 11.3. The van der Waals surface area contributed by atoms with Crippen LogP contribution in [0.3, 0.4) is 0 Å². The molecule has 3 N–H and O–H groups in total. The zero-order chi connectivity index (χ0) is 32.0. The molecule has 0 radical (unpaired) electrons. The highest BCUT2D eigenvalue weighted by molar-refractivity contribution is 7.83. The van der Waals surface area contributed by atoms with Crippen LogP contribution in [0.25, 0.3) is 21.7 Å². The van der Waals surface area contributed by atoms with Gasteiger partial charge >= 0.3 is 6.01 Å². The third kappa shape index (κ3) is 4.92. The predicted octanol–water partition coefficient (Wildman–Crippen LogP) is 3.48. The maximum Gasteiger partial charge on any atom is 0.319 e. The van der Waals surface area contributed by atoms with Crippen molar-refractivity contribution in [1.82, 2.24) is 29.5 Å². The number of ether oxygens (including phenoxy) is 2. The quantitative estimate of drug-likeness (QED) is 0.382. The van der Waals surface area contributed by atoms with Crippen molar-refractivity contribution in [3.05, 3.63) is 29.2 Å². The van der Waals surface area contributed by atoms with E-state index >= 15 is 4.39 Å². The minimum absolute atomic E-state index is 0.00522. The lowest BCUT2D eigenvalue weighted by Crippen LogP contribution is -2.52. The molecule has 0 aliphatic carbocycles. The normalized spacial score (nSPS) is 30.7. The number of halogens is 3. The summed E-state index contributed by atoms with van der Waals surface area (Å²) in [4.78, 5) is 18.2. The molecule has 0 saturated carbocycles. The lowest BCUT2D eigenvalue weighted by Gasteiger charge is -2.39. The van der Waals surface area contributed by atoms with E-state index < -0.39 is 34.3 Å². The summed E-state index contributed by atoms with van der Waals surface area (Å²) in [5.41, 5.74) is 5.88. The first-order valence-corrected chi connectivity index (χ1v) is 18.2. The number of anilines is 2. The molecule has 6 aliphatic heterocycles. The molecular weight excluding hydrogens is 654 g/mol. The Labute approximate surface area is 275 Å². The van der Waals surface area contributed by atoms with Crippen LogP contribution in [0, 0.1) is 11.7 Å². The summed E-state index contributed by atoms with van der Waals surface area (Å²) in [5, 5.41) is 3.75. The van der Waals surface area contributed by atoms with E-state index in [1.165, 1.54) is 16.4 Å². The Morgan fingerprint density at radius 1 is 1.15 bits per heavy atom. The number of aromatic nitrogens is 3. The molecule has 0 spiro atoms. The van der Waals surface area contributed by atoms with Gasteiger partial charge in [0, 0.05) is 56.2 Å². The molecule has 1 aromatic carbocycles. The van der Waals surface area contributed by atoms with Gasteiger partial charge in [-0.15, -0.1) is 0 Å². The first kappa shape index (κ1) is 30.0. The van der Waals surface area contributed by atoms with E-state index in [-0.39, 0.29) is 74.4 Å². The van der Waals surface area contributed by atoms with Crippen molar-refractivity contribution in [2.24, 2.45) is 5.92 Å². The van der Waals surface area contributed by atoms with Crippen molar-refractivity contribution in [3.63, 3.8) is 0 Å². The highest BCUT2D eigenvalue weighted by atomic mass is 32.2. The molecule has 3 unspecified atom stereocenters. The molecule has 5 saturated heterocycles. The largest absolute Gasteiger partial charge is 0.461 e. The second-order valence-electron chi connectivity index (χ2n) is 13.6. The monoisotopic (exact) mass is 688 g/mol. The van der Waals surface area contributed by atoms with Gasteiger partial charge in [0.1, 0.15) is 29.2 Å². The second-order valence-corrected chi connectivity index (χ2v) is 16.0. The van der Waals surface area contributed by atoms with Crippen molar-refractivity contribution in [3.8, 4) is 6.01 Å². The number of piperazine rings is 1. The third-order valence-corrected chi connectivity index (χ3v) is 12.9. The lowest BCUT2D eigenvalue weighted by atomic mass is 9.95. The van der Waals surface area contributed by atoms with Crippen LogP contribution in [0.2, 0.25) is 0 Å². The molecule has 9 rings (SSSR count). The number of rotatable bonds is 7. The van der Waals surface area contributed by atoms with Gasteiger partial charge in [0.05, 0.1) is 34.7 Å². The Hall–Kier alpha value is -3.05. The van der Waals surface area contributed by atoms with Crippen LogP contribution in [0.5, 0.6) is 6.01 Å². The van der Waals surface area contributed by atoms with E-state index in [2.05, 4.69) is 25.1 Å². The van der Waals surface area contributed by atoms with E-state index in [1.807, 2.05) is 0 Å². The molecule has 2 bridgehead atoms. The van der Waals surface area contributed by atoms with Crippen LogP contribution >= 0.6 is 11.3 Å². The van der Waals surface area contributed by atoms with Gasteiger partial charge in [0.2, 0.25) is 0 Å². The predicted molar refractivity (Wildman–Crippen MR) is 172 cm³/mol. The average Bonchev–Trinajstić information content (AvgIpc) is 3.78. The first-order chi connectivity index (χ1) is 22.8. The number of hydrogen-bond donors (Lipinski definition) is 2. The van der Waals surface area contributed by atoms with E-state index in [9.17, 15) is 13.0 Å². The number of hydrogen-bond acceptors (Lipinski definition) is 11. The van der Waals surface area contributed by atoms with E-state index in [0.717, 1.165) is 43.6 Å². The highest BCUT2D eigenvalue weighted by Gasteiger charge is 2.50. The van der Waals surface area contributed by atoms with Gasteiger partial charge in [0.15, 0.2) is 27.8 Å². The van der Waals surface area contributed by atoms with Crippen molar-refractivity contribution >= 4 is 55.0 Å². The van der Waals surface area contributed by atoms with Crippen molar-refractivity contribution < 1.29 is 26.9 Å². The van der Waals surface area contributed by atoms with E-state index in [4.69, 9.17) is 20.2 Å². The molecule has 47 heavy (non-hydrogen) atoms. The number of alkyl halides is 1. The Morgan fingerprint density at radius 3 is 2.72 bits per heavy atom. The van der Waals surface area contributed by atoms with Gasteiger partial charge < -0.3 is 25.4 Å². The lowest BCUT2D eigenvalue weighted by molar-refractivity contribution is -0.0346. The fourth-order valence-corrected chi connectivity index (χ4v) is 10.6. The van der Waals surface area contributed by atoms with Gasteiger partial charge in [-0.25, -0.2) is 22.4 Å². The number of thiazole rings is 1. The first-order valence-electron chi connectivity index (χ1n) is 16.2. The van der Waals surface area contributed by atoms with Crippen molar-refractivity contribution in [2.45, 2.75) is 60.8 Å². The fraction of sp³-hybridized carbons (Fsp3) is 0.581. The van der Waals surface area contributed by atoms with Crippen molar-refractivity contribution in [1.29, 1.82) is 0 Å². The maximum absolute atomic E-state index is 17.3. The number of nitrogens with zero attached hydrogens (tertiary/aromatic N) is 6. The summed E-state index contributed by atoms with van der Waals surface area (Å²) in [6, 6.07) is 3.12. The third-order valence-electron chi connectivity index (χ3n) is 10.5. The molecule has 5 fully saturated rings. The Morgan fingerprint density at radius 2 is 1.96 bits per heavy atom. The standard InChI is InChI=1S/C31H35F3N8O3S2/c32-17-8-31(6-1-7-41(31)10-17)15-45-30-38-24-22(34)25(20-4-5-21(33)26-23(20)37-29(35)46-26)42(9-16-13-44-14-16)47(43)27(24)28(39-30)40-11-18-2-3-19(12-40)36-18/h4-5,16-19,36H,1-3,6-15H2,(H2,35,37)/t17-,18?,19?,31+,47?/m1/s1. The molecule has 6 aliphatic rings. The molecule has 3 aromatic rings. The Balaban J connectivity index is 1.20. The summed E-state index contributed by atoms with van der Waals surface area (Å²) in [6.45, 7) is 3.72. The summed E-state index contributed by atoms with van der Waals surface area (Å²) >= 11 is 0.974.